The second-order valence-corrected chi connectivity index (χ2v) is 8.65. The smallest absolute Gasteiger partial charge is 0.407 e. The molecule has 2 aromatic rings. The number of anilines is 1. The quantitative estimate of drug-likeness (QED) is 0.794. The maximum absolute atomic E-state index is 12.0. The summed E-state index contributed by atoms with van der Waals surface area (Å²) in [6, 6.07) is 9.67. The van der Waals surface area contributed by atoms with Gasteiger partial charge in [-0.2, -0.15) is 5.26 Å². The van der Waals surface area contributed by atoms with Gasteiger partial charge in [0, 0.05) is 29.0 Å². The van der Waals surface area contributed by atoms with E-state index in [2.05, 4.69) is 23.2 Å². The number of rotatable bonds is 2. The predicted octanol–water partition coefficient (Wildman–Crippen LogP) is 4.64. The van der Waals surface area contributed by atoms with Crippen LogP contribution in [0.25, 0.3) is 10.9 Å². The van der Waals surface area contributed by atoms with Gasteiger partial charge in [-0.3, -0.25) is 0 Å². The molecule has 2 unspecified atom stereocenters. The van der Waals surface area contributed by atoms with Crippen LogP contribution < -0.4 is 10.2 Å². The number of carbonyl (C=O) groups excluding carboxylic acids is 1. The highest BCUT2D eigenvalue weighted by molar-refractivity contribution is 6.31. The molecule has 1 aliphatic heterocycles. The Balaban J connectivity index is 1.75. The van der Waals surface area contributed by atoms with Gasteiger partial charge in [-0.05, 0) is 64.8 Å². The second-order valence-electron chi connectivity index (χ2n) is 8.21. The molecule has 1 aromatic heterocycles. The molecule has 0 spiro atoms. The number of nitrogens with zero attached hydrogens (tertiary/aromatic N) is 3. The van der Waals surface area contributed by atoms with Gasteiger partial charge in [0.05, 0.1) is 17.1 Å². The van der Waals surface area contributed by atoms with Crippen LogP contribution in [-0.2, 0) is 4.74 Å². The van der Waals surface area contributed by atoms with Crippen molar-refractivity contribution in [3.63, 3.8) is 0 Å². The number of nitrogens with one attached hydrogen (secondary N) is 1. The third-order valence-corrected chi connectivity index (χ3v) is 5.00. The summed E-state index contributed by atoms with van der Waals surface area (Å²) in [7, 11) is 0. The number of aromatic nitrogens is 1. The van der Waals surface area contributed by atoms with E-state index >= 15 is 0 Å². The summed E-state index contributed by atoms with van der Waals surface area (Å²) in [4.78, 5) is 19.0. The first-order chi connectivity index (χ1) is 13.2. The first-order valence-electron chi connectivity index (χ1n) is 9.43. The van der Waals surface area contributed by atoms with Crippen molar-refractivity contribution in [3.8, 4) is 6.07 Å². The first kappa shape index (κ1) is 20.2. The number of ether oxygens (including phenoxy) is 1. The molecule has 1 aliphatic rings. The zero-order chi connectivity index (χ0) is 20.5. The van der Waals surface area contributed by atoms with Crippen molar-refractivity contribution in [2.75, 3.05) is 11.4 Å². The highest BCUT2D eigenvalue weighted by Gasteiger charge is 2.29. The van der Waals surface area contributed by atoms with E-state index in [1.54, 1.807) is 12.1 Å². The number of amides is 1. The fourth-order valence-electron chi connectivity index (χ4n) is 3.54. The number of benzene rings is 1. The van der Waals surface area contributed by atoms with Crippen LogP contribution in [0.4, 0.5) is 10.6 Å². The third-order valence-electron chi connectivity index (χ3n) is 4.77. The minimum Gasteiger partial charge on any atom is -0.444 e. The van der Waals surface area contributed by atoms with Crippen LogP contribution in [0.1, 0.15) is 46.1 Å². The summed E-state index contributed by atoms with van der Waals surface area (Å²) in [5.41, 5.74) is 0.797. The normalized spacial score (nSPS) is 19.9. The minimum absolute atomic E-state index is 0.0517. The number of halogens is 1. The summed E-state index contributed by atoms with van der Waals surface area (Å²) in [5.74, 6) is 0.773. The summed E-state index contributed by atoms with van der Waals surface area (Å²) < 4.78 is 5.35. The molecule has 0 aliphatic carbocycles. The summed E-state index contributed by atoms with van der Waals surface area (Å²) in [5, 5.41) is 13.9. The summed E-state index contributed by atoms with van der Waals surface area (Å²) in [6.07, 6.45) is 1.18. The lowest BCUT2D eigenvalue weighted by molar-refractivity contribution is 0.0494. The molecule has 3 rings (SSSR count). The number of carbonyl (C=O) groups is 1. The standard InChI is InChI=1S/C21H25ClN4O2/c1-13-9-16(24-20(27)28-21(2,3)4)7-8-26(13)19-10-14(12-23)17-11-15(22)5-6-18(17)25-19/h5-6,10-11,13,16H,7-9H2,1-4H3,(H,24,27). The number of hydrogen-bond donors (Lipinski definition) is 1. The number of pyridine rings is 1. The third kappa shape index (κ3) is 4.66. The number of nitriles is 1. The molecule has 1 aromatic carbocycles. The van der Waals surface area contributed by atoms with Crippen molar-refractivity contribution in [2.24, 2.45) is 0 Å². The number of fused-ring (bicyclic) bond motifs is 1. The van der Waals surface area contributed by atoms with Gasteiger partial charge in [0.1, 0.15) is 11.4 Å². The topological polar surface area (TPSA) is 78.2 Å². The van der Waals surface area contributed by atoms with E-state index in [1.807, 2.05) is 32.9 Å². The Bertz CT molecular complexity index is 932. The van der Waals surface area contributed by atoms with Gasteiger partial charge in [-0.15, -0.1) is 0 Å². The van der Waals surface area contributed by atoms with Crippen LogP contribution in [0.15, 0.2) is 24.3 Å². The molecule has 0 radical (unpaired) electrons. The molecule has 6 nitrogen and oxygen atoms in total. The molecule has 0 saturated carbocycles. The first-order valence-corrected chi connectivity index (χ1v) is 9.80. The molecule has 0 bridgehead atoms. The van der Waals surface area contributed by atoms with Crippen molar-refractivity contribution < 1.29 is 9.53 Å². The van der Waals surface area contributed by atoms with Crippen molar-refractivity contribution >= 4 is 34.4 Å². The fourth-order valence-corrected chi connectivity index (χ4v) is 3.71. The predicted molar refractivity (Wildman–Crippen MR) is 111 cm³/mol. The van der Waals surface area contributed by atoms with Crippen LogP contribution in [0.5, 0.6) is 0 Å². The van der Waals surface area contributed by atoms with Gasteiger partial charge in [-0.25, -0.2) is 9.78 Å². The maximum atomic E-state index is 12.0. The number of piperidine rings is 1. The number of hydrogen-bond acceptors (Lipinski definition) is 5. The molecule has 7 heteroatoms. The van der Waals surface area contributed by atoms with Crippen LogP contribution in [0, 0.1) is 11.3 Å². The fraction of sp³-hybridized carbons (Fsp3) is 0.476. The average molecular weight is 401 g/mol. The summed E-state index contributed by atoms with van der Waals surface area (Å²) in [6.45, 7) is 8.39. The van der Waals surface area contributed by atoms with Crippen LogP contribution >= 0.6 is 11.6 Å². The number of alkyl carbamates (subject to hydrolysis) is 1. The Morgan fingerprint density at radius 1 is 1.39 bits per heavy atom. The van der Waals surface area contributed by atoms with Gasteiger partial charge in [-0.1, -0.05) is 11.6 Å². The molecule has 2 heterocycles. The van der Waals surface area contributed by atoms with E-state index in [1.165, 1.54) is 0 Å². The summed E-state index contributed by atoms with van der Waals surface area (Å²) >= 11 is 6.06. The molecule has 1 fully saturated rings. The monoisotopic (exact) mass is 400 g/mol. The Morgan fingerprint density at radius 2 is 2.14 bits per heavy atom. The van der Waals surface area contributed by atoms with Crippen LogP contribution in [0.2, 0.25) is 5.02 Å². The highest BCUT2D eigenvalue weighted by Crippen LogP contribution is 2.29. The molecule has 2 atom stereocenters. The lowest BCUT2D eigenvalue weighted by Crippen LogP contribution is -2.50. The molecule has 28 heavy (non-hydrogen) atoms. The average Bonchev–Trinajstić information content (AvgIpc) is 2.59. The SMILES string of the molecule is CC1CC(NC(=O)OC(C)(C)C)CCN1c1cc(C#N)c2cc(Cl)ccc2n1. The van der Waals surface area contributed by atoms with Gasteiger partial charge >= 0.3 is 6.09 Å². The Labute approximate surface area is 170 Å². The van der Waals surface area contributed by atoms with Crippen LogP contribution in [0.3, 0.4) is 0 Å². The lowest BCUT2D eigenvalue weighted by atomic mass is 9.98. The zero-order valence-corrected chi connectivity index (χ0v) is 17.4. The van der Waals surface area contributed by atoms with Gasteiger partial charge in [0.2, 0.25) is 0 Å². The van der Waals surface area contributed by atoms with E-state index in [4.69, 9.17) is 21.3 Å². The van der Waals surface area contributed by atoms with Gasteiger partial charge in [0.25, 0.3) is 0 Å². The minimum atomic E-state index is -0.512. The molecule has 1 saturated heterocycles. The van der Waals surface area contributed by atoms with E-state index in [0.29, 0.717) is 10.6 Å². The Morgan fingerprint density at radius 3 is 2.79 bits per heavy atom. The van der Waals surface area contributed by atoms with Crippen LogP contribution in [-0.4, -0.2) is 35.3 Å². The van der Waals surface area contributed by atoms with Crippen molar-refractivity contribution in [3.05, 3.63) is 34.9 Å². The zero-order valence-electron chi connectivity index (χ0n) is 16.6. The Hall–Kier alpha value is -2.52. The molecular weight excluding hydrogens is 376 g/mol. The van der Waals surface area contributed by atoms with Gasteiger partial charge in [0.15, 0.2) is 0 Å². The molecule has 1 N–H and O–H groups in total. The Kier molecular flexibility index (Phi) is 5.66. The maximum Gasteiger partial charge on any atom is 0.407 e. The second kappa shape index (κ2) is 7.84. The molecule has 148 valence electrons. The van der Waals surface area contributed by atoms with E-state index in [-0.39, 0.29) is 18.2 Å². The molecular formula is C21H25ClN4O2. The van der Waals surface area contributed by atoms with E-state index < -0.39 is 5.60 Å². The van der Waals surface area contributed by atoms with Gasteiger partial charge < -0.3 is 15.0 Å². The largest absolute Gasteiger partial charge is 0.444 e. The van der Waals surface area contributed by atoms with Crippen molar-refractivity contribution in [2.45, 2.75) is 58.2 Å². The molecule has 1 amide bonds. The lowest BCUT2D eigenvalue weighted by Gasteiger charge is -2.39. The van der Waals surface area contributed by atoms with Crippen molar-refractivity contribution in [1.29, 1.82) is 5.26 Å². The highest BCUT2D eigenvalue weighted by atomic mass is 35.5. The van der Waals surface area contributed by atoms with E-state index in [0.717, 1.165) is 36.1 Å². The van der Waals surface area contributed by atoms with Crippen molar-refractivity contribution in [1.82, 2.24) is 10.3 Å². The van der Waals surface area contributed by atoms with E-state index in [9.17, 15) is 10.1 Å².